The van der Waals surface area contributed by atoms with Crippen LogP contribution in [0.3, 0.4) is 0 Å². The van der Waals surface area contributed by atoms with E-state index in [-0.39, 0.29) is 18.0 Å². The highest BCUT2D eigenvalue weighted by Gasteiger charge is 2.14. The van der Waals surface area contributed by atoms with Crippen molar-refractivity contribution in [1.82, 2.24) is 20.4 Å². The number of carbonyl (C=O) groups excluding carboxylic acids is 1. The lowest BCUT2D eigenvalue weighted by Gasteiger charge is -2.21. The van der Waals surface area contributed by atoms with Crippen LogP contribution in [0.25, 0.3) is 0 Å². The molecule has 1 amide bonds. The summed E-state index contributed by atoms with van der Waals surface area (Å²) in [5.41, 5.74) is 1.27. The zero-order chi connectivity index (χ0) is 15.1. The van der Waals surface area contributed by atoms with Crippen LogP contribution in [0.15, 0.2) is 35.3 Å². The van der Waals surface area contributed by atoms with Gasteiger partial charge in [0.1, 0.15) is 0 Å². The average Bonchev–Trinajstić information content (AvgIpc) is 3.16. The summed E-state index contributed by atoms with van der Waals surface area (Å²) in [6, 6.07) is 4.37. The van der Waals surface area contributed by atoms with Crippen LogP contribution in [0.5, 0.6) is 0 Å². The van der Waals surface area contributed by atoms with Gasteiger partial charge in [0.15, 0.2) is 0 Å². The summed E-state index contributed by atoms with van der Waals surface area (Å²) in [6.45, 7) is 5.15. The summed E-state index contributed by atoms with van der Waals surface area (Å²) < 4.78 is 1.89. The number of nitrogens with one attached hydrogen (secondary N) is 2. The van der Waals surface area contributed by atoms with Gasteiger partial charge >= 0.3 is 0 Å². The van der Waals surface area contributed by atoms with Crippen molar-refractivity contribution < 1.29 is 4.79 Å². The second kappa shape index (κ2) is 7.95. The Kier molecular flexibility index (Phi) is 5.95. The first-order chi connectivity index (χ1) is 10.2. The van der Waals surface area contributed by atoms with E-state index >= 15 is 0 Å². The van der Waals surface area contributed by atoms with Crippen molar-refractivity contribution >= 4 is 17.2 Å². The van der Waals surface area contributed by atoms with Gasteiger partial charge in [-0.3, -0.25) is 9.48 Å². The Morgan fingerprint density at radius 3 is 3.00 bits per heavy atom. The quantitative estimate of drug-likeness (QED) is 0.782. The molecule has 0 bridgehead atoms. The van der Waals surface area contributed by atoms with Gasteiger partial charge < -0.3 is 10.6 Å². The summed E-state index contributed by atoms with van der Waals surface area (Å²) in [5.74, 6) is 0.0322. The van der Waals surface area contributed by atoms with Crippen molar-refractivity contribution in [3.05, 3.63) is 40.8 Å². The number of rotatable bonds is 8. The maximum atomic E-state index is 11.8. The lowest BCUT2D eigenvalue weighted by molar-refractivity contribution is -0.120. The summed E-state index contributed by atoms with van der Waals surface area (Å²) >= 11 is 1.68. The van der Waals surface area contributed by atoms with E-state index in [1.165, 1.54) is 5.56 Å². The van der Waals surface area contributed by atoms with Crippen LogP contribution in [0.4, 0.5) is 0 Å². The van der Waals surface area contributed by atoms with Crippen LogP contribution >= 0.6 is 11.3 Å². The first-order valence-electron chi connectivity index (χ1n) is 7.17. The largest absolute Gasteiger partial charge is 0.355 e. The maximum Gasteiger partial charge on any atom is 0.233 e. The number of hydrogen-bond acceptors (Lipinski definition) is 4. The fraction of sp³-hybridized carbons (Fsp3) is 0.467. The molecule has 2 atom stereocenters. The predicted molar refractivity (Wildman–Crippen MR) is 85.4 cm³/mol. The molecule has 2 N–H and O–H groups in total. The molecule has 2 heterocycles. The van der Waals surface area contributed by atoms with Crippen molar-refractivity contribution in [2.24, 2.45) is 0 Å². The van der Waals surface area contributed by atoms with E-state index in [0.717, 1.165) is 6.42 Å². The molecule has 0 fully saturated rings. The fourth-order valence-electron chi connectivity index (χ4n) is 2.02. The van der Waals surface area contributed by atoms with Gasteiger partial charge in [0, 0.05) is 25.0 Å². The topological polar surface area (TPSA) is 59.0 Å². The van der Waals surface area contributed by atoms with Crippen LogP contribution in [0.2, 0.25) is 0 Å². The Balaban J connectivity index is 1.64. The number of hydrogen-bond donors (Lipinski definition) is 2. The minimum atomic E-state index is 0.0322. The van der Waals surface area contributed by atoms with Crippen molar-refractivity contribution in [2.45, 2.75) is 32.4 Å². The third kappa shape index (κ3) is 4.99. The smallest absolute Gasteiger partial charge is 0.233 e. The van der Waals surface area contributed by atoms with Crippen LogP contribution in [-0.2, 0) is 11.2 Å². The third-order valence-corrected chi connectivity index (χ3v) is 4.30. The van der Waals surface area contributed by atoms with Crippen molar-refractivity contribution in [1.29, 1.82) is 0 Å². The minimum absolute atomic E-state index is 0.0322. The van der Waals surface area contributed by atoms with Gasteiger partial charge in [-0.25, -0.2) is 0 Å². The monoisotopic (exact) mass is 306 g/mol. The van der Waals surface area contributed by atoms with Crippen LogP contribution in [-0.4, -0.2) is 34.8 Å². The number of thiophene rings is 1. The third-order valence-electron chi connectivity index (χ3n) is 3.57. The molecule has 0 aliphatic rings. The van der Waals surface area contributed by atoms with E-state index < -0.39 is 0 Å². The zero-order valence-electron chi connectivity index (χ0n) is 12.5. The standard InChI is InChI=1S/C15H22N4OS/c1-12(13(2)19-8-3-6-18-19)17-10-15(20)16-7-4-14-5-9-21-11-14/h3,5-6,8-9,11-13,17H,4,7,10H2,1-2H3,(H,16,20). The molecule has 5 nitrogen and oxygen atoms in total. The summed E-state index contributed by atoms with van der Waals surface area (Å²) in [7, 11) is 0. The molecule has 2 unspecified atom stereocenters. The molecule has 0 saturated carbocycles. The lowest BCUT2D eigenvalue weighted by Crippen LogP contribution is -2.41. The van der Waals surface area contributed by atoms with Crippen molar-refractivity contribution in [2.75, 3.05) is 13.1 Å². The zero-order valence-corrected chi connectivity index (χ0v) is 13.3. The SMILES string of the molecule is CC(NCC(=O)NCCc1ccsc1)C(C)n1cccn1. The highest BCUT2D eigenvalue weighted by molar-refractivity contribution is 7.07. The van der Waals surface area contributed by atoms with Crippen molar-refractivity contribution in [3.8, 4) is 0 Å². The predicted octanol–water partition coefficient (Wildman–Crippen LogP) is 1.84. The van der Waals surface area contributed by atoms with E-state index in [9.17, 15) is 4.79 Å². The molecule has 0 radical (unpaired) electrons. The second-order valence-corrected chi connectivity index (χ2v) is 5.91. The molecule has 0 aliphatic heterocycles. The van der Waals surface area contributed by atoms with Gasteiger partial charge in [0.05, 0.1) is 12.6 Å². The Morgan fingerprint density at radius 2 is 2.33 bits per heavy atom. The molecule has 21 heavy (non-hydrogen) atoms. The molecule has 0 aliphatic carbocycles. The molecule has 0 saturated heterocycles. The van der Waals surface area contributed by atoms with Gasteiger partial charge in [-0.15, -0.1) is 0 Å². The Bertz CT molecular complexity index is 524. The highest BCUT2D eigenvalue weighted by atomic mass is 32.1. The second-order valence-electron chi connectivity index (χ2n) is 5.13. The summed E-state index contributed by atoms with van der Waals surface area (Å²) in [5, 5.41) is 14.6. The lowest BCUT2D eigenvalue weighted by atomic mass is 10.2. The van der Waals surface area contributed by atoms with Crippen LogP contribution in [0, 0.1) is 0 Å². The summed E-state index contributed by atoms with van der Waals surface area (Å²) in [6.07, 6.45) is 4.58. The molecule has 0 spiro atoms. The first kappa shape index (κ1) is 15.7. The number of nitrogens with zero attached hydrogens (tertiary/aromatic N) is 2. The van der Waals surface area contributed by atoms with E-state index in [0.29, 0.717) is 13.1 Å². The van der Waals surface area contributed by atoms with Gasteiger partial charge in [-0.2, -0.15) is 16.4 Å². The van der Waals surface area contributed by atoms with Crippen LogP contribution < -0.4 is 10.6 Å². The number of carbonyl (C=O) groups is 1. The molecular formula is C15H22N4OS. The van der Waals surface area contributed by atoms with E-state index in [2.05, 4.69) is 46.4 Å². The molecule has 2 aromatic heterocycles. The molecule has 2 aromatic rings. The molecule has 6 heteroatoms. The molecule has 114 valence electrons. The first-order valence-corrected chi connectivity index (χ1v) is 8.11. The Morgan fingerprint density at radius 1 is 1.48 bits per heavy atom. The number of aromatic nitrogens is 2. The number of amides is 1. The van der Waals surface area contributed by atoms with Crippen molar-refractivity contribution in [3.63, 3.8) is 0 Å². The maximum absolute atomic E-state index is 11.8. The van der Waals surface area contributed by atoms with Gasteiger partial charge in [0.25, 0.3) is 0 Å². The van der Waals surface area contributed by atoms with Crippen LogP contribution in [0.1, 0.15) is 25.5 Å². The molecular weight excluding hydrogens is 284 g/mol. The highest BCUT2D eigenvalue weighted by Crippen LogP contribution is 2.08. The molecule has 0 aromatic carbocycles. The molecule has 2 rings (SSSR count). The van der Waals surface area contributed by atoms with Gasteiger partial charge in [-0.1, -0.05) is 0 Å². The summed E-state index contributed by atoms with van der Waals surface area (Å²) in [4.78, 5) is 11.8. The normalized spacial score (nSPS) is 13.8. The van der Waals surface area contributed by atoms with E-state index in [1.54, 1.807) is 17.5 Å². The Hall–Kier alpha value is -1.66. The van der Waals surface area contributed by atoms with E-state index in [1.807, 2.05) is 16.9 Å². The average molecular weight is 306 g/mol. The van der Waals surface area contributed by atoms with Gasteiger partial charge in [0.2, 0.25) is 5.91 Å². The fourth-order valence-corrected chi connectivity index (χ4v) is 2.72. The van der Waals surface area contributed by atoms with E-state index in [4.69, 9.17) is 0 Å². The Labute approximate surface area is 129 Å². The van der Waals surface area contributed by atoms with Gasteiger partial charge in [-0.05, 0) is 48.7 Å². The minimum Gasteiger partial charge on any atom is -0.355 e.